The summed E-state index contributed by atoms with van der Waals surface area (Å²) in [5.74, 6) is -0.513. The van der Waals surface area contributed by atoms with Crippen molar-refractivity contribution >= 4 is 17.4 Å². The van der Waals surface area contributed by atoms with Gasteiger partial charge in [0.25, 0.3) is 0 Å². The Balaban J connectivity index is 2.64. The van der Waals surface area contributed by atoms with Gasteiger partial charge in [-0.3, -0.25) is 4.79 Å². The molecular formula is C14H10ClFO. The Bertz CT molecular complexity index is 578. The van der Waals surface area contributed by atoms with Crippen LogP contribution in [0.4, 0.5) is 4.39 Å². The van der Waals surface area contributed by atoms with Gasteiger partial charge in [0.1, 0.15) is 5.82 Å². The van der Waals surface area contributed by atoms with Crippen LogP contribution in [0.2, 0.25) is 5.02 Å². The number of carbonyl (C=O) groups excluding carboxylic acids is 1. The second-order valence-electron chi connectivity index (χ2n) is 3.73. The molecule has 0 bridgehead atoms. The quantitative estimate of drug-likeness (QED) is 0.722. The van der Waals surface area contributed by atoms with Crippen LogP contribution in [-0.4, -0.2) is 5.78 Å². The molecule has 0 saturated heterocycles. The van der Waals surface area contributed by atoms with Crippen LogP contribution < -0.4 is 0 Å². The topological polar surface area (TPSA) is 17.1 Å². The molecule has 0 aromatic heterocycles. The summed E-state index contributed by atoms with van der Waals surface area (Å²) < 4.78 is 13.8. The van der Waals surface area contributed by atoms with E-state index in [0.29, 0.717) is 21.7 Å². The molecule has 0 atom stereocenters. The van der Waals surface area contributed by atoms with E-state index in [4.69, 9.17) is 11.6 Å². The number of carbonyl (C=O) groups is 1. The monoisotopic (exact) mass is 248 g/mol. The first-order valence-electron chi connectivity index (χ1n) is 5.15. The van der Waals surface area contributed by atoms with Gasteiger partial charge < -0.3 is 0 Å². The lowest BCUT2D eigenvalue weighted by atomic mass is 9.97. The third-order valence-electron chi connectivity index (χ3n) is 2.53. The number of Topliss-reactive ketones (excluding diaryl/α,β-unsaturated/α-hetero) is 1. The lowest BCUT2D eigenvalue weighted by Gasteiger charge is -2.08. The highest BCUT2D eigenvalue weighted by atomic mass is 35.5. The summed E-state index contributed by atoms with van der Waals surface area (Å²) in [6.07, 6.45) is 0. The zero-order valence-electron chi connectivity index (χ0n) is 9.21. The fourth-order valence-corrected chi connectivity index (χ4v) is 1.89. The molecule has 0 fully saturated rings. The average Bonchev–Trinajstić information content (AvgIpc) is 2.29. The molecule has 0 aliphatic carbocycles. The predicted molar refractivity (Wildman–Crippen MR) is 66.9 cm³/mol. The van der Waals surface area contributed by atoms with E-state index in [-0.39, 0.29) is 5.78 Å². The average molecular weight is 249 g/mol. The zero-order chi connectivity index (χ0) is 12.4. The molecule has 2 rings (SSSR count). The van der Waals surface area contributed by atoms with Crippen molar-refractivity contribution in [3.05, 3.63) is 58.9 Å². The SMILES string of the molecule is CC(=O)c1ccccc1-c1ccc(Cl)cc1F. The molecule has 0 aliphatic heterocycles. The highest BCUT2D eigenvalue weighted by molar-refractivity contribution is 6.30. The molecule has 86 valence electrons. The van der Waals surface area contributed by atoms with Crippen LogP contribution in [0.25, 0.3) is 11.1 Å². The third-order valence-corrected chi connectivity index (χ3v) is 2.76. The second-order valence-corrected chi connectivity index (χ2v) is 4.16. The standard InChI is InChI=1S/C14H10ClFO/c1-9(17)11-4-2-3-5-12(11)13-7-6-10(15)8-14(13)16/h2-8H,1H3. The largest absolute Gasteiger partial charge is 0.294 e. The van der Waals surface area contributed by atoms with Crippen molar-refractivity contribution in [1.29, 1.82) is 0 Å². The van der Waals surface area contributed by atoms with Gasteiger partial charge in [-0.25, -0.2) is 4.39 Å². The number of halogens is 2. The summed E-state index contributed by atoms with van der Waals surface area (Å²) in [4.78, 5) is 11.5. The molecule has 1 nitrogen and oxygen atoms in total. The van der Waals surface area contributed by atoms with Crippen molar-refractivity contribution in [1.82, 2.24) is 0 Å². The fourth-order valence-electron chi connectivity index (χ4n) is 1.73. The van der Waals surface area contributed by atoms with E-state index in [0.717, 1.165) is 0 Å². The lowest BCUT2D eigenvalue weighted by molar-refractivity contribution is 0.101. The van der Waals surface area contributed by atoms with Crippen molar-refractivity contribution in [3.63, 3.8) is 0 Å². The van der Waals surface area contributed by atoms with E-state index < -0.39 is 5.82 Å². The van der Waals surface area contributed by atoms with Crippen LogP contribution in [0.1, 0.15) is 17.3 Å². The van der Waals surface area contributed by atoms with Crippen molar-refractivity contribution in [2.24, 2.45) is 0 Å². The third kappa shape index (κ3) is 2.37. The van der Waals surface area contributed by atoms with Crippen LogP contribution in [-0.2, 0) is 0 Å². The summed E-state index contributed by atoms with van der Waals surface area (Å²) in [5, 5.41) is 0.339. The van der Waals surface area contributed by atoms with Crippen molar-refractivity contribution in [2.45, 2.75) is 6.92 Å². The number of hydrogen-bond acceptors (Lipinski definition) is 1. The molecule has 2 aromatic rings. The molecule has 0 amide bonds. The van der Waals surface area contributed by atoms with E-state index >= 15 is 0 Å². The van der Waals surface area contributed by atoms with E-state index in [1.807, 2.05) is 0 Å². The fraction of sp³-hybridized carbons (Fsp3) is 0.0714. The van der Waals surface area contributed by atoms with Crippen LogP contribution in [0, 0.1) is 5.82 Å². The lowest BCUT2D eigenvalue weighted by Crippen LogP contribution is -1.97. The summed E-state index contributed by atoms with van der Waals surface area (Å²) in [6.45, 7) is 1.46. The Morgan fingerprint density at radius 2 is 1.82 bits per heavy atom. The number of rotatable bonds is 2. The van der Waals surface area contributed by atoms with Gasteiger partial charge in [0.15, 0.2) is 5.78 Å². The Morgan fingerprint density at radius 1 is 1.12 bits per heavy atom. The predicted octanol–water partition coefficient (Wildman–Crippen LogP) is 4.35. The first-order valence-corrected chi connectivity index (χ1v) is 5.53. The minimum absolute atomic E-state index is 0.0880. The molecule has 0 heterocycles. The van der Waals surface area contributed by atoms with Crippen LogP contribution in [0.5, 0.6) is 0 Å². The van der Waals surface area contributed by atoms with E-state index in [1.54, 1.807) is 36.4 Å². The Kier molecular flexibility index (Phi) is 3.25. The maximum absolute atomic E-state index is 13.8. The number of benzene rings is 2. The normalized spacial score (nSPS) is 10.3. The van der Waals surface area contributed by atoms with E-state index in [9.17, 15) is 9.18 Å². The second kappa shape index (κ2) is 4.68. The van der Waals surface area contributed by atoms with E-state index in [1.165, 1.54) is 13.0 Å². The molecule has 0 unspecified atom stereocenters. The molecular weight excluding hydrogens is 239 g/mol. The van der Waals surface area contributed by atoms with Crippen molar-refractivity contribution in [3.8, 4) is 11.1 Å². The Morgan fingerprint density at radius 3 is 2.47 bits per heavy atom. The van der Waals surface area contributed by atoms with Crippen LogP contribution in [0.15, 0.2) is 42.5 Å². The minimum Gasteiger partial charge on any atom is -0.294 e. The summed E-state index contributed by atoms with van der Waals surface area (Å²) in [7, 11) is 0. The van der Waals surface area contributed by atoms with Gasteiger partial charge in [0.2, 0.25) is 0 Å². The zero-order valence-corrected chi connectivity index (χ0v) is 9.96. The van der Waals surface area contributed by atoms with Gasteiger partial charge in [-0.15, -0.1) is 0 Å². The molecule has 17 heavy (non-hydrogen) atoms. The van der Waals surface area contributed by atoms with Gasteiger partial charge in [-0.05, 0) is 30.7 Å². The van der Waals surface area contributed by atoms with E-state index in [2.05, 4.69) is 0 Å². The molecule has 2 aromatic carbocycles. The molecule has 0 radical (unpaired) electrons. The van der Waals surface area contributed by atoms with Crippen molar-refractivity contribution in [2.75, 3.05) is 0 Å². The summed E-state index contributed by atoms with van der Waals surface area (Å²) >= 11 is 5.70. The Hall–Kier alpha value is -1.67. The van der Waals surface area contributed by atoms with Crippen LogP contribution >= 0.6 is 11.6 Å². The maximum Gasteiger partial charge on any atom is 0.160 e. The molecule has 0 spiro atoms. The highest BCUT2D eigenvalue weighted by Crippen LogP contribution is 2.28. The molecule has 0 N–H and O–H groups in total. The minimum atomic E-state index is -0.425. The number of ketones is 1. The summed E-state index contributed by atoms with van der Waals surface area (Å²) in [5.41, 5.74) is 1.49. The molecule has 3 heteroatoms. The van der Waals surface area contributed by atoms with Crippen LogP contribution in [0.3, 0.4) is 0 Å². The smallest absolute Gasteiger partial charge is 0.160 e. The van der Waals surface area contributed by atoms with Crippen molar-refractivity contribution < 1.29 is 9.18 Å². The number of hydrogen-bond donors (Lipinski definition) is 0. The Labute approximate surface area is 104 Å². The van der Waals surface area contributed by atoms with Gasteiger partial charge >= 0.3 is 0 Å². The van der Waals surface area contributed by atoms with Gasteiger partial charge in [0, 0.05) is 16.1 Å². The first kappa shape index (κ1) is 11.8. The molecule has 0 saturated carbocycles. The van der Waals surface area contributed by atoms with Gasteiger partial charge in [-0.2, -0.15) is 0 Å². The molecule has 0 aliphatic rings. The highest BCUT2D eigenvalue weighted by Gasteiger charge is 2.12. The summed E-state index contributed by atoms with van der Waals surface area (Å²) in [6, 6.07) is 11.4. The maximum atomic E-state index is 13.8. The van der Waals surface area contributed by atoms with Gasteiger partial charge in [-0.1, -0.05) is 35.9 Å². The first-order chi connectivity index (χ1) is 8.09. The van der Waals surface area contributed by atoms with Gasteiger partial charge in [0.05, 0.1) is 0 Å².